The van der Waals surface area contributed by atoms with Gasteiger partial charge in [-0.3, -0.25) is 4.79 Å². The molecule has 0 aromatic rings. The Hall–Kier alpha value is -0.760. The molecule has 0 spiro atoms. The number of hydrogen-bond acceptors (Lipinski definition) is 2. The van der Waals surface area contributed by atoms with Crippen LogP contribution in [0.1, 0.15) is 12.8 Å². The van der Waals surface area contributed by atoms with Crippen LogP contribution in [0.5, 0.6) is 0 Å². The van der Waals surface area contributed by atoms with Crippen LogP contribution in [-0.4, -0.2) is 10.9 Å². The number of allylic oxidation sites excluding steroid dienone is 3. The van der Waals surface area contributed by atoms with Crippen LogP contribution in [0, 0.1) is 0 Å². The summed E-state index contributed by atoms with van der Waals surface area (Å²) < 4.78 is 0. The van der Waals surface area contributed by atoms with Crippen molar-refractivity contribution in [3.63, 3.8) is 0 Å². The zero-order chi connectivity index (χ0) is 8.81. The number of thioether (sulfide) groups is 1. The van der Waals surface area contributed by atoms with Gasteiger partial charge in [-0.15, -0.1) is 6.58 Å². The van der Waals surface area contributed by atoms with Gasteiger partial charge in [-0.2, -0.15) is 0 Å². The first-order valence-electron chi connectivity index (χ1n) is 3.98. The fourth-order valence-electron chi connectivity index (χ4n) is 1.00. The average Bonchev–Trinajstić information content (AvgIpc) is 2.15. The molecule has 0 bridgehead atoms. The molecule has 0 heterocycles. The first-order valence-corrected chi connectivity index (χ1v) is 4.97. The predicted octanol–water partition coefficient (Wildman–Crippen LogP) is 2.71. The van der Waals surface area contributed by atoms with E-state index in [1.807, 2.05) is 12.2 Å². The molecule has 64 valence electrons. The normalized spacial score (nSPS) is 15.5. The van der Waals surface area contributed by atoms with Gasteiger partial charge in [0, 0.05) is 11.3 Å². The molecule has 0 atom stereocenters. The summed E-state index contributed by atoms with van der Waals surface area (Å²) in [5.41, 5.74) is 0.935. The molecule has 0 saturated carbocycles. The summed E-state index contributed by atoms with van der Waals surface area (Å²) >= 11 is 1.32. The Kier molecular flexibility index (Phi) is 3.88. The summed E-state index contributed by atoms with van der Waals surface area (Å²) in [6.07, 6.45) is 9.57. The van der Waals surface area contributed by atoms with Crippen molar-refractivity contribution in [2.75, 3.05) is 5.75 Å². The highest BCUT2D eigenvalue weighted by atomic mass is 32.2. The van der Waals surface area contributed by atoms with Crippen LogP contribution in [-0.2, 0) is 4.79 Å². The van der Waals surface area contributed by atoms with Gasteiger partial charge in [-0.1, -0.05) is 36.1 Å². The summed E-state index contributed by atoms with van der Waals surface area (Å²) in [4.78, 5) is 11.4. The highest BCUT2D eigenvalue weighted by Gasteiger charge is 2.09. The minimum Gasteiger partial charge on any atom is -0.282 e. The van der Waals surface area contributed by atoms with Gasteiger partial charge in [0.15, 0.2) is 0 Å². The third-order valence-corrected chi connectivity index (χ3v) is 2.54. The maximum atomic E-state index is 11.4. The van der Waals surface area contributed by atoms with E-state index in [2.05, 4.69) is 12.7 Å². The molecule has 0 aromatic heterocycles. The third-order valence-electron chi connectivity index (χ3n) is 1.61. The minimum absolute atomic E-state index is 0.194. The quantitative estimate of drug-likeness (QED) is 0.621. The monoisotopic (exact) mass is 180 g/mol. The Morgan fingerprint density at radius 2 is 2.58 bits per heavy atom. The first kappa shape index (κ1) is 9.33. The molecule has 0 saturated heterocycles. The van der Waals surface area contributed by atoms with Crippen molar-refractivity contribution in [3.05, 3.63) is 36.5 Å². The fraction of sp³-hybridized carbons (Fsp3) is 0.300. The smallest absolute Gasteiger partial charge is 0.215 e. The number of carbonyl (C=O) groups is 1. The lowest BCUT2D eigenvalue weighted by Crippen LogP contribution is -1.99. The van der Waals surface area contributed by atoms with Crippen LogP contribution in [0.2, 0.25) is 0 Å². The molecular formula is C10H12OS. The molecule has 0 N–H and O–H groups in total. The number of hydrogen-bond donors (Lipinski definition) is 0. The Labute approximate surface area is 77.2 Å². The molecule has 0 radical (unpaired) electrons. The summed E-state index contributed by atoms with van der Waals surface area (Å²) in [5, 5.41) is 0.194. The number of rotatable bonds is 3. The average molecular weight is 180 g/mol. The van der Waals surface area contributed by atoms with E-state index in [1.54, 1.807) is 6.08 Å². The van der Waals surface area contributed by atoms with Crippen LogP contribution in [0.25, 0.3) is 0 Å². The van der Waals surface area contributed by atoms with E-state index in [0.29, 0.717) is 5.75 Å². The van der Waals surface area contributed by atoms with Gasteiger partial charge >= 0.3 is 0 Å². The van der Waals surface area contributed by atoms with Crippen LogP contribution < -0.4 is 0 Å². The van der Waals surface area contributed by atoms with Crippen molar-refractivity contribution in [1.29, 1.82) is 0 Å². The standard InChI is InChI=1S/C10H12OS/c1-2-8-12-10(11)9-6-4-3-5-7-9/h2-4,6H,1,5,7-8H2. The molecule has 0 aromatic carbocycles. The second kappa shape index (κ2) is 4.99. The SMILES string of the molecule is C=CCSC(=O)C1=CC=CCC1. The molecule has 1 nitrogen and oxygen atoms in total. The van der Waals surface area contributed by atoms with Gasteiger partial charge in [0.1, 0.15) is 0 Å². The van der Waals surface area contributed by atoms with E-state index < -0.39 is 0 Å². The number of carbonyl (C=O) groups excluding carboxylic acids is 1. The largest absolute Gasteiger partial charge is 0.282 e. The lowest BCUT2D eigenvalue weighted by Gasteiger charge is -2.05. The second-order valence-corrected chi connectivity index (χ2v) is 3.54. The van der Waals surface area contributed by atoms with Crippen molar-refractivity contribution in [2.24, 2.45) is 0 Å². The topological polar surface area (TPSA) is 17.1 Å². The molecule has 0 aliphatic heterocycles. The minimum atomic E-state index is 0.194. The second-order valence-electron chi connectivity index (χ2n) is 2.55. The molecule has 0 amide bonds. The van der Waals surface area contributed by atoms with E-state index >= 15 is 0 Å². The molecule has 12 heavy (non-hydrogen) atoms. The summed E-state index contributed by atoms with van der Waals surface area (Å²) in [6.45, 7) is 3.57. The zero-order valence-electron chi connectivity index (χ0n) is 6.95. The summed E-state index contributed by atoms with van der Waals surface area (Å²) in [7, 11) is 0. The van der Waals surface area contributed by atoms with Crippen LogP contribution in [0.4, 0.5) is 0 Å². The molecule has 0 unspecified atom stereocenters. The Bertz CT molecular complexity index is 238. The van der Waals surface area contributed by atoms with Gasteiger partial charge in [0.05, 0.1) is 0 Å². The van der Waals surface area contributed by atoms with Crippen LogP contribution >= 0.6 is 11.8 Å². The van der Waals surface area contributed by atoms with E-state index in [1.165, 1.54) is 11.8 Å². The predicted molar refractivity (Wildman–Crippen MR) is 54.1 cm³/mol. The highest BCUT2D eigenvalue weighted by molar-refractivity contribution is 8.14. The molecule has 1 aliphatic carbocycles. The maximum absolute atomic E-state index is 11.4. The molecule has 1 rings (SSSR count). The van der Waals surface area contributed by atoms with Crippen LogP contribution in [0.3, 0.4) is 0 Å². The Balaban J connectivity index is 2.45. The van der Waals surface area contributed by atoms with E-state index in [0.717, 1.165) is 18.4 Å². The molecule has 0 fully saturated rings. The van der Waals surface area contributed by atoms with E-state index in [-0.39, 0.29) is 5.12 Å². The third kappa shape index (κ3) is 2.70. The van der Waals surface area contributed by atoms with Crippen molar-refractivity contribution < 1.29 is 4.79 Å². The maximum Gasteiger partial charge on any atom is 0.215 e. The van der Waals surface area contributed by atoms with Gasteiger partial charge in [0.25, 0.3) is 0 Å². The lowest BCUT2D eigenvalue weighted by molar-refractivity contribution is -0.108. The zero-order valence-corrected chi connectivity index (χ0v) is 7.77. The van der Waals surface area contributed by atoms with E-state index in [4.69, 9.17) is 0 Å². The van der Waals surface area contributed by atoms with Gasteiger partial charge in [-0.05, 0) is 12.8 Å². The summed E-state index contributed by atoms with van der Waals surface area (Å²) in [6, 6.07) is 0. The molecular weight excluding hydrogens is 168 g/mol. The van der Waals surface area contributed by atoms with Crippen molar-refractivity contribution in [2.45, 2.75) is 12.8 Å². The van der Waals surface area contributed by atoms with Crippen molar-refractivity contribution in [3.8, 4) is 0 Å². The van der Waals surface area contributed by atoms with Crippen molar-refractivity contribution >= 4 is 16.9 Å². The molecule has 2 heteroatoms. The Morgan fingerprint density at radius 3 is 3.17 bits per heavy atom. The van der Waals surface area contributed by atoms with Gasteiger partial charge in [-0.25, -0.2) is 0 Å². The Morgan fingerprint density at radius 1 is 1.75 bits per heavy atom. The van der Waals surface area contributed by atoms with Crippen molar-refractivity contribution in [1.82, 2.24) is 0 Å². The van der Waals surface area contributed by atoms with Crippen LogP contribution in [0.15, 0.2) is 36.5 Å². The van der Waals surface area contributed by atoms with Gasteiger partial charge < -0.3 is 0 Å². The van der Waals surface area contributed by atoms with E-state index in [9.17, 15) is 4.79 Å². The first-order chi connectivity index (χ1) is 5.84. The van der Waals surface area contributed by atoms with Gasteiger partial charge in [0.2, 0.25) is 5.12 Å². The fourth-order valence-corrected chi connectivity index (χ4v) is 1.62. The molecule has 1 aliphatic rings. The summed E-state index contributed by atoms with van der Waals surface area (Å²) in [5.74, 6) is 0.708. The lowest BCUT2D eigenvalue weighted by atomic mass is 10.1. The highest BCUT2D eigenvalue weighted by Crippen LogP contribution is 2.18.